The fraction of sp³-hybridized carbons (Fsp3) is 0.562. The standard InChI is InChI=1S/C16H20Cl2N2O/c17-14-5-2-6-15(18)13(14)11-19-7-9-20(10-8-19)16(21)12-3-1-4-12/h2,5-6,12H,1,3-4,7-11H2. The summed E-state index contributed by atoms with van der Waals surface area (Å²) >= 11 is 12.4. The number of nitrogens with zero attached hydrogens (tertiary/aromatic N) is 2. The van der Waals surface area contributed by atoms with E-state index in [2.05, 4.69) is 4.90 Å². The predicted octanol–water partition coefficient (Wildman–Crippen LogP) is 3.44. The van der Waals surface area contributed by atoms with Crippen molar-refractivity contribution in [3.63, 3.8) is 0 Å². The Bertz CT molecular complexity index is 503. The molecule has 0 aromatic heterocycles. The van der Waals surface area contributed by atoms with Crippen molar-refractivity contribution < 1.29 is 4.79 Å². The number of benzene rings is 1. The molecule has 2 fully saturated rings. The van der Waals surface area contributed by atoms with Crippen molar-refractivity contribution in [2.24, 2.45) is 5.92 Å². The Morgan fingerprint density at radius 3 is 2.24 bits per heavy atom. The summed E-state index contributed by atoms with van der Waals surface area (Å²) in [5.41, 5.74) is 0.986. The maximum atomic E-state index is 12.2. The van der Waals surface area contributed by atoms with E-state index in [4.69, 9.17) is 23.2 Å². The molecule has 5 heteroatoms. The van der Waals surface area contributed by atoms with Gasteiger partial charge in [-0.1, -0.05) is 35.7 Å². The molecule has 1 aliphatic carbocycles. The first-order valence-electron chi connectivity index (χ1n) is 7.59. The minimum atomic E-state index is 0.301. The van der Waals surface area contributed by atoms with Crippen molar-refractivity contribution in [3.05, 3.63) is 33.8 Å². The minimum absolute atomic E-state index is 0.301. The zero-order valence-electron chi connectivity index (χ0n) is 12.0. The van der Waals surface area contributed by atoms with Crippen LogP contribution in [0.25, 0.3) is 0 Å². The Morgan fingerprint density at radius 2 is 1.71 bits per heavy atom. The lowest BCUT2D eigenvalue weighted by molar-refractivity contribution is -0.140. The molecule has 0 atom stereocenters. The van der Waals surface area contributed by atoms with Gasteiger partial charge in [-0.15, -0.1) is 0 Å². The molecule has 0 radical (unpaired) electrons. The molecule has 0 spiro atoms. The van der Waals surface area contributed by atoms with E-state index in [1.165, 1.54) is 6.42 Å². The molecule has 21 heavy (non-hydrogen) atoms. The van der Waals surface area contributed by atoms with E-state index in [1.54, 1.807) is 0 Å². The van der Waals surface area contributed by atoms with Gasteiger partial charge < -0.3 is 4.90 Å². The Labute approximate surface area is 135 Å². The number of carbonyl (C=O) groups is 1. The average molecular weight is 327 g/mol. The predicted molar refractivity (Wildman–Crippen MR) is 85.7 cm³/mol. The van der Waals surface area contributed by atoms with E-state index in [0.29, 0.717) is 11.8 Å². The highest BCUT2D eigenvalue weighted by Gasteiger charge is 2.31. The van der Waals surface area contributed by atoms with E-state index in [1.807, 2.05) is 23.1 Å². The van der Waals surface area contributed by atoms with Crippen LogP contribution in [0.1, 0.15) is 24.8 Å². The molecule has 1 amide bonds. The summed E-state index contributed by atoms with van der Waals surface area (Å²) in [4.78, 5) is 16.6. The van der Waals surface area contributed by atoms with Crippen LogP contribution in [0.4, 0.5) is 0 Å². The molecule has 0 bridgehead atoms. The molecule has 1 saturated carbocycles. The molecule has 1 aromatic carbocycles. The summed E-state index contributed by atoms with van der Waals surface area (Å²) in [6.07, 6.45) is 3.37. The second-order valence-electron chi connectivity index (χ2n) is 5.93. The minimum Gasteiger partial charge on any atom is -0.340 e. The lowest BCUT2D eigenvalue weighted by Crippen LogP contribution is -2.50. The van der Waals surface area contributed by atoms with Crippen LogP contribution in [-0.2, 0) is 11.3 Å². The van der Waals surface area contributed by atoms with Gasteiger partial charge in [-0.05, 0) is 25.0 Å². The third-order valence-corrected chi connectivity index (χ3v) is 5.29. The van der Waals surface area contributed by atoms with Gasteiger partial charge in [-0.2, -0.15) is 0 Å². The van der Waals surface area contributed by atoms with Crippen LogP contribution in [0.3, 0.4) is 0 Å². The number of piperazine rings is 1. The number of halogens is 2. The molecule has 1 aliphatic heterocycles. The van der Waals surface area contributed by atoms with Crippen molar-refractivity contribution in [2.75, 3.05) is 26.2 Å². The molecule has 1 saturated heterocycles. The lowest BCUT2D eigenvalue weighted by atomic mass is 9.84. The van der Waals surface area contributed by atoms with Crippen LogP contribution in [0, 0.1) is 5.92 Å². The molecule has 1 heterocycles. The van der Waals surface area contributed by atoms with E-state index in [0.717, 1.165) is 61.2 Å². The Balaban J connectivity index is 1.55. The van der Waals surface area contributed by atoms with E-state index in [-0.39, 0.29) is 0 Å². The van der Waals surface area contributed by atoms with Gasteiger partial charge in [0.25, 0.3) is 0 Å². The van der Waals surface area contributed by atoms with Crippen LogP contribution >= 0.6 is 23.2 Å². The van der Waals surface area contributed by atoms with E-state index < -0.39 is 0 Å². The van der Waals surface area contributed by atoms with Crippen LogP contribution < -0.4 is 0 Å². The summed E-state index contributed by atoms with van der Waals surface area (Å²) in [5, 5.41) is 1.44. The fourth-order valence-electron chi connectivity index (χ4n) is 2.95. The molecule has 0 N–H and O–H groups in total. The zero-order chi connectivity index (χ0) is 14.8. The van der Waals surface area contributed by atoms with Gasteiger partial charge in [-0.3, -0.25) is 9.69 Å². The van der Waals surface area contributed by atoms with Crippen LogP contribution in [-0.4, -0.2) is 41.9 Å². The number of rotatable bonds is 3. The molecule has 114 valence electrons. The summed E-state index contributed by atoms with van der Waals surface area (Å²) in [6.45, 7) is 4.17. The van der Waals surface area contributed by atoms with Gasteiger partial charge in [0.15, 0.2) is 0 Å². The van der Waals surface area contributed by atoms with Gasteiger partial charge >= 0.3 is 0 Å². The fourth-order valence-corrected chi connectivity index (χ4v) is 3.46. The Morgan fingerprint density at radius 1 is 1.10 bits per heavy atom. The number of carbonyl (C=O) groups excluding carboxylic acids is 1. The molecule has 1 aromatic rings. The molecule has 3 rings (SSSR count). The maximum Gasteiger partial charge on any atom is 0.225 e. The summed E-state index contributed by atoms with van der Waals surface area (Å²) in [6, 6.07) is 5.61. The number of hydrogen-bond acceptors (Lipinski definition) is 2. The highest BCUT2D eigenvalue weighted by Crippen LogP contribution is 2.29. The van der Waals surface area contributed by atoms with E-state index >= 15 is 0 Å². The van der Waals surface area contributed by atoms with Gasteiger partial charge in [0, 0.05) is 54.3 Å². The van der Waals surface area contributed by atoms with Crippen molar-refractivity contribution in [3.8, 4) is 0 Å². The number of hydrogen-bond donors (Lipinski definition) is 0. The quantitative estimate of drug-likeness (QED) is 0.849. The lowest BCUT2D eigenvalue weighted by Gasteiger charge is -2.38. The van der Waals surface area contributed by atoms with Crippen molar-refractivity contribution in [1.29, 1.82) is 0 Å². The average Bonchev–Trinajstić information content (AvgIpc) is 2.42. The monoisotopic (exact) mass is 326 g/mol. The second-order valence-corrected chi connectivity index (χ2v) is 6.74. The smallest absolute Gasteiger partial charge is 0.225 e. The molecule has 3 nitrogen and oxygen atoms in total. The third-order valence-electron chi connectivity index (χ3n) is 4.58. The topological polar surface area (TPSA) is 23.6 Å². The Kier molecular flexibility index (Phi) is 4.72. The van der Waals surface area contributed by atoms with Crippen molar-refractivity contribution >= 4 is 29.1 Å². The van der Waals surface area contributed by atoms with Crippen molar-refractivity contribution in [1.82, 2.24) is 9.80 Å². The summed E-state index contributed by atoms with van der Waals surface area (Å²) in [5.74, 6) is 0.659. The highest BCUT2D eigenvalue weighted by molar-refractivity contribution is 6.35. The summed E-state index contributed by atoms with van der Waals surface area (Å²) in [7, 11) is 0. The first-order chi connectivity index (χ1) is 10.1. The second kappa shape index (κ2) is 6.55. The molecular formula is C16H20Cl2N2O. The molecule has 0 unspecified atom stereocenters. The molecule has 2 aliphatic rings. The zero-order valence-corrected chi connectivity index (χ0v) is 13.5. The van der Waals surface area contributed by atoms with Gasteiger partial charge in [0.05, 0.1) is 0 Å². The van der Waals surface area contributed by atoms with Gasteiger partial charge in [0.1, 0.15) is 0 Å². The molecular weight excluding hydrogens is 307 g/mol. The van der Waals surface area contributed by atoms with E-state index in [9.17, 15) is 4.79 Å². The highest BCUT2D eigenvalue weighted by atomic mass is 35.5. The maximum absolute atomic E-state index is 12.2. The first-order valence-corrected chi connectivity index (χ1v) is 8.35. The SMILES string of the molecule is O=C(C1CCC1)N1CCN(Cc2c(Cl)cccc2Cl)CC1. The van der Waals surface area contributed by atoms with Crippen LogP contribution in [0.15, 0.2) is 18.2 Å². The Hall–Kier alpha value is -0.770. The van der Waals surface area contributed by atoms with Gasteiger partial charge in [-0.25, -0.2) is 0 Å². The number of amides is 1. The normalized spacial score (nSPS) is 20.4. The summed E-state index contributed by atoms with van der Waals surface area (Å²) < 4.78 is 0. The van der Waals surface area contributed by atoms with Crippen LogP contribution in [0.2, 0.25) is 10.0 Å². The van der Waals surface area contributed by atoms with Crippen molar-refractivity contribution in [2.45, 2.75) is 25.8 Å². The third kappa shape index (κ3) is 3.36. The largest absolute Gasteiger partial charge is 0.340 e. The first kappa shape index (κ1) is 15.1. The van der Waals surface area contributed by atoms with Gasteiger partial charge in [0.2, 0.25) is 5.91 Å². The van der Waals surface area contributed by atoms with Crippen LogP contribution in [0.5, 0.6) is 0 Å².